The number of rotatable bonds is 3. The van der Waals surface area contributed by atoms with Gasteiger partial charge in [-0.05, 0) is 24.8 Å². The maximum Gasteiger partial charge on any atom is 0.236 e. The molecule has 2 unspecified atom stereocenters. The molecule has 1 fully saturated rings. The van der Waals surface area contributed by atoms with Gasteiger partial charge in [0.2, 0.25) is 5.91 Å². The number of carbonyl (C=O) groups excluding carboxylic acids is 1. The van der Waals surface area contributed by atoms with Crippen LogP contribution >= 0.6 is 0 Å². The fourth-order valence-corrected chi connectivity index (χ4v) is 1.83. The minimum atomic E-state index is 0.255. The van der Waals surface area contributed by atoms with Crippen LogP contribution in [0.3, 0.4) is 0 Å². The van der Waals surface area contributed by atoms with Gasteiger partial charge < -0.3 is 10.2 Å². The lowest BCUT2D eigenvalue weighted by Gasteiger charge is -2.35. The second kappa shape index (κ2) is 5.35. The number of nitrogens with one attached hydrogen (secondary N) is 1. The quantitative estimate of drug-likeness (QED) is 0.736. The zero-order valence-electron chi connectivity index (χ0n) is 9.55. The summed E-state index contributed by atoms with van der Waals surface area (Å²) in [6, 6.07) is 0. The summed E-state index contributed by atoms with van der Waals surface area (Å²) in [5.74, 6) is 1.66. The first-order valence-electron chi connectivity index (χ1n) is 5.63. The van der Waals surface area contributed by atoms with Gasteiger partial charge in [0, 0.05) is 13.1 Å². The molecule has 0 spiro atoms. The van der Waals surface area contributed by atoms with Gasteiger partial charge in [-0.15, -0.1) is 0 Å². The second-order valence-corrected chi connectivity index (χ2v) is 4.36. The van der Waals surface area contributed by atoms with Crippen molar-refractivity contribution in [3.8, 4) is 0 Å². The Bertz CT molecular complexity index is 194. The van der Waals surface area contributed by atoms with Gasteiger partial charge in [0.1, 0.15) is 0 Å². The van der Waals surface area contributed by atoms with Crippen molar-refractivity contribution in [3.05, 3.63) is 0 Å². The number of amides is 1. The Morgan fingerprint density at radius 3 is 2.71 bits per heavy atom. The van der Waals surface area contributed by atoms with E-state index in [1.807, 2.05) is 11.8 Å². The average molecular weight is 198 g/mol. The summed E-state index contributed by atoms with van der Waals surface area (Å²) in [5.41, 5.74) is 0. The molecule has 0 radical (unpaired) electrons. The van der Waals surface area contributed by atoms with Gasteiger partial charge in [-0.2, -0.15) is 0 Å². The lowest BCUT2D eigenvalue weighted by atomic mass is 9.89. The van der Waals surface area contributed by atoms with Crippen molar-refractivity contribution in [2.45, 2.75) is 27.2 Å². The minimum absolute atomic E-state index is 0.255. The minimum Gasteiger partial charge on any atom is -0.341 e. The topological polar surface area (TPSA) is 32.3 Å². The van der Waals surface area contributed by atoms with Crippen molar-refractivity contribution >= 4 is 5.91 Å². The normalized spacial score (nSPS) is 27.8. The van der Waals surface area contributed by atoms with Crippen LogP contribution in [0.4, 0.5) is 0 Å². The SMILES string of the molecule is CCNCC(=O)N1CCC(C)C(C)C1. The maximum atomic E-state index is 11.7. The summed E-state index contributed by atoms with van der Waals surface area (Å²) < 4.78 is 0. The number of likely N-dealkylation sites (tertiary alicyclic amines) is 1. The molecule has 1 aliphatic rings. The fraction of sp³-hybridized carbons (Fsp3) is 0.909. The van der Waals surface area contributed by atoms with Gasteiger partial charge in [0.25, 0.3) is 0 Å². The predicted octanol–water partition coefficient (Wildman–Crippen LogP) is 1.10. The summed E-state index contributed by atoms with van der Waals surface area (Å²) >= 11 is 0. The Hall–Kier alpha value is -0.570. The van der Waals surface area contributed by atoms with Crippen LogP contribution < -0.4 is 5.32 Å². The highest BCUT2D eigenvalue weighted by Gasteiger charge is 2.25. The van der Waals surface area contributed by atoms with Crippen molar-refractivity contribution in [1.29, 1.82) is 0 Å². The van der Waals surface area contributed by atoms with Crippen molar-refractivity contribution in [2.24, 2.45) is 11.8 Å². The molecular formula is C11H22N2O. The molecule has 2 atom stereocenters. The lowest BCUT2D eigenvalue weighted by molar-refractivity contribution is -0.132. The van der Waals surface area contributed by atoms with Crippen LogP contribution in [0.25, 0.3) is 0 Å². The van der Waals surface area contributed by atoms with E-state index in [0.29, 0.717) is 12.5 Å². The summed E-state index contributed by atoms with van der Waals surface area (Å²) in [4.78, 5) is 13.7. The van der Waals surface area contributed by atoms with Crippen LogP contribution in [0.1, 0.15) is 27.2 Å². The van der Waals surface area contributed by atoms with E-state index >= 15 is 0 Å². The smallest absolute Gasteiger partial charge is 0.236 e. The Morgan fingerprint density at radius 1 is 1.43 bits per heavy atom. The van der Waals surface area contributed by atoms with Crippen molar-refractivity contribution in [3.63, 3.8) is 0 Å². The molecule has 1 aliphatic heterocycles. The van der Waals surface area contributed by atoms with E-state index in [4.69, 9.17) is 0 Å². The van der Waals surface area contributed by atoms with Gasteiger partial charge >= 0.3 is 0 Å². The first-order valence-corrected chi connectivity index (χ1v) is 5.63. The average Bonchev–Trinajstić information content (AvgIpc) is 2.18. The molecular weight excluding hydrogens is 176 g/mol. The van der Waals surface area contributed by atoms with Gasteiger partial charge in [-0.3, -0.25) is 4.79 Å². The molecule has 1 heterocycles. The molecule has 1 rings (SSSR count). The standard InChI is InChI=1S/C11H22N2O/c1-4-12-7-11(14)13-6-5-9(2)10(3)8-13/h9-10,12H,4-8H2,1-3H3. The third kappa shape index (κ3) is 2.98. The Morgan fingerprint density at radius 2 is 2.14 bits per heavy atom. The number of carbonyl (C=O) groups is 1. The molecule has 0 aromatic rings. The molecule has 0 aliphatic carbocycles. The van der Waals surface area contributed by atoms with Crippen LogP contribution in [0.5, 0.6) is 0 Å². The third-order valence-electron chi connectivity index (χ3n) is 3.21. The van der Waals surface area contributed by atoms with Crippen molar-refractivity contribution in [2.75, 3.05) is 26.2 Å². The van der Waals surface area contributed by atoms with Gasteiger partial charge in [-0.25, -0.2) is 0 Å². The van der Waals surface area contributed by atoms with Crippen LogP contribution in [0.2, 0.25) is 0 Å². The van der Waals surface area contributed by atoms with Gasteiger partial charge in [0.05, 0.1) is 6.54 Å². The van der Waals surface area contributed by atoms with Crippen molar-refractivity contribution in [1.82, 2.24) is 10.2 Å². The highest BCUT2D eigenvalue weighted by molar-refractivity contribution is 5.78. The molecule has 1 amide bonds. The second-order valence-electron chi connectivity index (χ2n) is 4.36. The number of nitrogens with zero attached hydrogens (tertiary/aromatic N) is 1. The van der Waals surface area contributed by atoms with E-state index < -0.39 is 0 Å². The van der Waals surface area contributed by atoms with Gasteiger partial charge in [-0.1, -0.05) is 20.8 Å². The highest BCUT2D eigenvalue weighted by atomic mass is 16.2. The summed E-state index contributed by atoms with van der Waals surface area (Å²) in [7, 11) is 0. The lowest BCUT2D eigenvalue weighted by Crippen LogP contribution is -2.45. The molecule has 3 heteroatoms. The Labute approximate surface area is 86.9 Å². The summed E-state index contributed by atoms with van der Waals surface area (Å²) in [6.45, 7) is 9.77. The fourth-order valence-electron chi connectivity index (χ4n) is 1.83. The molecule has 14 heavy (non-hydrogen) atoms. The molecule has 0 bridgehead atoms. The summed E-state index contributed by atoms with van der Waals surface area (Å²) in [5, 5.41) is 3.08. The molecule has 1 saturated heterocycles. The molecule has 0 saturated carbocycles. The van der Waals surface area contributed by atoms with Crippen LogP contribution in [-0.4, -0.2) is 37.0 Å². The predicted molar refractivity (Wildman–Crippen MR) is 58.1 cm³/mol. The monoisotopic (exact) mass is 198 g/mol. The largest absolute Gasteiger partial charge is 0.341 e. The number of piperidine rings is 1. The van der Waals surface area contributed by atoms with Gasteiger partial charge in [0.15, 0.2) is 0 Å². The van der Waals surface area contributed by atoms with E-state index in [0.717, 1.165) is 32.0 Å². The number of hydrogen-bond acceptors (Lipinski definition) is 2. The van der Waals surface area contributed by atoms with E-state index in [9.17, 15) is 4.79 Å². The third-order valence-corrected chi connectivity index (χ3v) is 3.21. The molecule has 82 valence electrons. The van der Waals surface area contributed by atoms with Crippen LogP contribution in [0, 0.1) is 11.8 Å². The molecule has 0 aromatic carbocycles. The Balaban J connectivity index is 2.34. The van der Waals surface area contributed by atoms with Crippen molar-refractivity contribution < 1.29 is 4.79 Å². The van der Waals surface area contributed by atoms with Crippen LogP contribution in [-0.2, 0) is 4.79 Å². The van der Waals surface area contributed by atoms with E-state index in [-0.39, 0.29) is 5.91 Å². The highest BCUT2D eigenvalue weighted by Crippen LogP contribution is 2.22. The molecule has 1 N–H and O–H groups in total. The first kappa shape index (κ1) is 11.5. The zero-order chi connectivity index (χ0) is 10.6. The van der Waals surface area contributed by atoms with E-state index in [1.165, 1.54) is 0 Å². The molecule has 3 nitrogen and oxygen atoms in total. The van der Waals surface area contributed by atoms with E-state index in [1.54, 1.807) is 0 Å². The summed E-state index contributed by atoms with van der Waals surface area (Å²) in [6.07, 6.45) is 1.15. The first-order chi connectivity index (χ1) is 6.65. The number of likely N-dealkylation sites (N-methyl/N-ethyl adjacent to an activating group) is 1. The zero-order valence-corrected chi connectivity index (χ0v) is 9.55. The maximum absolute atomic E-state index is 11.7. The van der Waals surface area contributed by atoms with Crippen LogP contribution in [0.15, 0.2) is 0 Å². The Kier molecular flexibility index (Phi) is 4.39. The van der Waals surface area contributed by atoms with E-state index in [2.05, 4.69) is 19.2 Å². The molecule has 0 aromatic heterocycles. The number of hydrogen-bond donors (Lipinski definition) is 1.